The lowest BCUT2D eigenvalue weighted by molar-refractivity contribution is 0.0663. The van der Waals surface area contributed by atoms with Gasteiger partial charge in [-0.2, -0.15) is 0 Å². The molecule has 1 heterocycles. The molecule has 4 nitrogen and oxygen atoms in total. The van der Waals surface area contributed by atoms with Crippen LogP contribution in [-0.4, -0.2) is 55.4 Å². The fraction of sp³-hybridized carbons (Fsp3) is 0.400. The fourth-order valence-electron chi connectivity index (χ4n) is 3.17. The van der Waals surface area contributed by atoms with Crippen LogP contribution in [0.25, 0.3) is 0 Å². The highest BCUT2D eigenvalue weighted by Crippen LogP contribution is 2.25. The molecule has 0 bridgehead atoms. The topological polar surface area (TPSA) is 35.9 Å². The smallest absolute Gasteiger partial charge is 0.119 e. The van der Waals surface area contributed by atoms with Gasteiger partial charge in [-0.3, -0.25) is 4.90 Å². The quantitative estimate of drug-likeness (QED) is 0.739. The van der Waals surface area contributed by atoms with Gasteiger partial charge in [0.15, 0.2) is 0 Å². The molecule has 26 heavy (non-hydrogen) atoms. The molecule has 0 aromatic heterocycles. The number of nitrogens with zero attached hydrogens (tertiary/aromatic N) is 2. The number of rotatable bonds is 6. The number of aliphatic hydroxyl groups excluding tert-OH is 1. The first-order valence-electron chi connectivity index (χ1n) is 8.81. The van der Waals surface area contributed by atoms with Crippen molar-refractivity contribution in [3.05, 3.63) is 57.5 Å². The van der Waals surface area contributed by atoms with Crippen molar-refractivity contribution < 1.29 is 9.84 Å². The third-order valence-electron chi connectivity index (χ3n) is 4.61. The van der Waals surface area contributed by atoms with Crippen LogP contribution in [0.4, 0.5) is 5.69 Å². The molecule has 0 radical (unpaired) electrons. The number of piperazine rings is 1. The second-order valence-corrected chi connectivity index (χ2v) is 7.99. The maximum Gasteiger partial charge on any atom is 0.119 e. The molecular weight excluding hydrogens is 416 g/mol. The van der Waals surface area contributed by atoms with Gasteiger partial charge in [0.25, 0.3) is 0 Å². The average molecular weight is 440 g/mol. The Balaban J connectivity index is 1.44. The lowest BCUT2D eigenvalue weighted by Gasteiger charge is -2.37. The van der Waals surface area contributed by atoms with Crippen molar-refractivity contribution in [3.8, 4) is 5.75 Å². The molecular formula is C20H24BrClN2O2. The summed E-state index contributed by atoms with van der Waals surface area (Å²) < 4.78 is 6.67. The van der Waals surface area contributed by atoms with E-state index in [1.807, 2.05) is 36.4 Å². The molecule has 0 amide bonds. The van der Waals surface area contributed by atoms with Crippen molar-refractivity contribution in [1.29, 1.82) is 0 Å². The molecule has 2 aromatic carbocycles. The van der Waals surface area contributed by atoms with Crippen LogP contribution >= 0.6 is 27.5 Å². The third-order valence-corrected chi connectivity index (χ3v) is 5.37. The van der Waals surface area contributed by atoms with E-state index in [0.717, 1.165) is 41.4 Å². The second-order valence-electron chi connectivity index (χ2n) is 6.64. The molecule has 1 N–H and O–H groups in total. The summed E-state index contributed by atoms with van der Waals surface area (Å²) in [6.07, 6.45) is -0.502. The number of halogens is 2. The maximum atomic E-state index is 10.3. The van der Waals surface area contributed by atoms with E-state index >= 15 is 0 Å². The summed E-state index contributed by atoms with van der Waals surface area (Å²) in [6, 6.07) is 13.7. The van der Waals surface area contributed by atoms with Crippen molar-refractivity contribution in [2.24, 2.45) is 0 Å². The van der Waals surface area contributed by atoms with E-state index in [4.69, 9.17) is 16.3 Å². The van der Waals surface area contributed by atoms with E-state index in [0.29, 0.717) is 13.2 Å². The Hall–Kier alpha value is -1.27. The zero-order valence-corrected chi connectivity index (χ0v) is 17.2. The van der Waals surface area contributed by atoms with Gasteiger partial charge >= 0.3 is 0 Å². The molecule has 1 fully saturated rings. The van der Waals surface area contributed by atoms with Gasteiger partial charge in [-0.15, -0.1) is 0 Å². The summed E-state index contributed by atoms with van der Waals surface area (Å²) in [5, 5.41) is 11.0. The van der Waals surface area contributed by atoms with E-state index in [9.17, 15) is 5.11 Å². The lowest BCUT2D eigenvalue weighted by Crippen LogP contribution is -2.49. The summed E-state index contributed by atoms with van der Waals surface area (Å²) in [6.45, 7) is 6.74. The van der Waals surface area contributed by atoms with Gasteiger partial charge in [0.2, 0.25) is 0 Å². The molecule has 0 spiro atoms. The van der Waals surface area contributed by atoms with Crippen LogP contribution in [0.3, 0.4) is 0 Å². The van der Waals surface area contributed by atoms with E-state index in [1.165, 1.54) is 11.3 Å². The molecule has 3 rings (SSSR count). The highest BCUT2D eigenvalue weighted by atomic mass is 79.9. The van der Waals surface area contributed by atoms with E-state index in [1.54, 1.807) is 0 Å². The summed E-state index contributed by atoms with van der Waals surface area (Å²) in [7, 11) is 0. The van der Waals surface area contributed by atoms with Gasteiger partial charge in [0.05, 0.1) is 0 Å². The second kappa shape index (κ2) is 9.09. The van der Waals surface area contributed by atoms with Gasteiger partial charge in [-0.1, -0.05) is 33.6 Å². The standard InChI is InChI=1S/C20H24BrClN2O2/c1-15-2-5-17(22)12-20(15)24-10-8-23(9-11-24)13-18(25)14-26-19-6-3-16(21)4-7-19/h2-7,12,18,25H,8-11,13-14H2,1H3/t18-/m0/s1. The molecule has 1 aliphatic rings. The predicted octanol–water partition coefficient (Wildman–Crippen LogP) is 3.97. The third kappa shape index (κ3) is 5.36. The zero-order chi connectivity index (χ0) is 18.5. The lowest BCUT2D eigenvalue weighted by atomic mass is 10.1. The molecule has 140 valence electrons. The summed E-state index contributed by atoms with van der Waals surface area (Å²) in [5.41, 5.74) is 2.45. The highest BCUT2D eigenvalue weighted by molar-refractivity contribution is 9.10. The number of β-amino-alcohol motifs (C(OH)–C–C–N with tert-alkyl or cyclic N) is 1. The van der Waals surface area contributed by atoms with Crippen molar-refractivity contribution >= 4 is 33.2 Å². The Morgan fingerprint density at radius 1 is 1.12 bits per heavy atom. The number of ether oxygens (including phenoxy) is 1. The first kappa shape index (κ1) is 19.5. The normalized spacial score (nSPS) is 16.5. The number of aryl methyl sites for hydroxylation is 1. The van der Waals surface area contributed by atoms with Crippen LogP contribution < -0.4 is 9.64 Å². The molecule has 0 unspecified atom stereocenters. The van der Waals surface area contributed by atoms with E-state index in [2.05, 4.69) is 38.7 Å². The summed E-state index contributed by atoms with van der Waals surface area (Å²) in [5.74, 6) is 0.772. The molecule has 2 aromatic rings. The summed E-state index contributed by atoms with van der Waals surface area (Å²) >= 11 is 9.54. The minimum absolute atomic E-state index is 0.301. The van der Waals surface area contributed by atoms with Crippen molar-refractivity contribution in [1.82, 2.24) is 4.90 Å². The Morgan fingerprint density at radius 3 is 2.50 bits per heavy atom. The first-order chi connectivity index (χ1) is 12.5. The maximum absolute atomic E-state index is 10.3. The number of anilines is 1. The number of aliphatic hydroxyl groups is 1. The Bertz CT molecular complexity index is 718. The van der Waals surface area contributed by atoms with Crippen LogP contribution in [0.1, 0.15) is 5.56 Å². The van der Waals surface area contributed by atoms with Crippen LogP contribution in [0.2, 0.25) is 5.02 Å². The first-order valence-corrected chi connectivity index (χ1v) is 9.98. The predicted molar refractivity (Wildman–Crippen MR) is 110 cm³/mol. The fourth-order valence-corrected chi connectivity index (χ4v) is 3.60. The van der Waals surface area contributed by atoms with Crippen LogP contribution in [0, 0.1) is 6.92 Å². The molecule has 0 saturated carbocycles. The largest absolute Gasteiger partial charge is 0.491 e. The number of hydrogen-bond donors (Lipinski definition) is 1. The minimum atomic E-state index is -0.502. The highest BCUT2D eigenvalue weighted by Gasteiger charge is 2.20. The molecule has 1 aliphatic heterocycles. The van der Waals surface area contributed by atoms with Crippen LogP contribution in [-0.2, 0) is 0 Å². The van der Waals surface area contributed by atoms with Crippen molar-refractivity contribution in [2.45, 2.75) is 13.0 Å². The Morgan fingerprint density at radius 2 is 1.81 bits per heavy atom. The van der Waals surface area contributed by atoms with Gasteiger partial charge < -0.3 is 14.7 Å². The minimum Gasteiger partial charge on any atom is -0.491 e. The zero-order valence-electron chi connectivity index (χ0n) is 14.9. The van der Waals surface area contributed by atoms with Crippen LogP contribution in [0.15, 0.2) is 46.9 Å². The van der Waals surface area contributed by atoms with Crippen molar-refractivity contribution in [3.63, 3.8) is 0 Å². The van der Waals surface area contributed by atoms with Crippen LogP contribution in [0.5, 0.6) is 5.75 Å². The van der Waals surface area contributed by atoms with Gasteiger partial charge in [-0.05, 0) is 48.9 Å². The monoisotopic (exact) mass is 438 g/mol. The number of benzene rings is 2. The molecule has 0 aliphatic carbocycles. The molecule has 1 saturated heterocycles. The molecule has 1 atom stereocenters. The Kier molecular flexibility index (Phi) is 6.81. The van der Waals surface area contributed by atoms with Gasteiger partial charge in [0, 0.05) is 47.9 Å². The number of hydrogen-bond acceptors (Lipinski definition) is 4. The van der Waals surface area contributed by atoms with Crippen molar-refractivity contribution in [2.75, 3.05) is 44.2 Å². The van der Waals surface area contributed by atoms with E-state index < -0.39 is 6.10 Å². The molecule has 6 heteroatoms. The SMILES string of the molecule is Cc1ccc(Cl)cc1N1CCN(C[C@H](O)COc2ccc(Br)cc2)CC1. The van der Waals surface area contributed by atoms with E-state index in [-0.39, 0.29) is 0 Å². The average Bonchev–Trinajstić information content (AvgIpc) is 2.64. The summed E-state index contributed by atoms with van der Waals surface area (Å²) in [4.78, 5) is 4.65. The Labute approximate surface area is 168 Å². The van der Waals surface area contributed by atoms with Gasteiger partial charge in [0.1, 0.15) is 18.5 Å². The van der Waals surface area contributed by atoms with Gasteiger partial charge in [-0.25, -0.2) is 0 Å².